The van der Waals surface area contributed by atoms with Crippen molar-refractivity contribution in [3.8, 4) is 0 Å². The van der Waals surface area contributed by atoms with E-state index in [9.17, 15) is 13.2 Å². The number of hydrogen-bond donors (Lipinski definition) is 1. The van der Waals surface area contributed by atoms with Crippen molar-refractivity contribution in [2.45, 2.75) is 49.5 Å². The summed E-state index contributed by atoms with van der Waals surface area (Å²) in [6.07, 6.45) is 8.21. The van der Waals surface area contributed by atoms with Crippen molar-refractivity contribution in [1.29, 1.82) is 0 Å². The number of hydrogen-bond acceptors (Lipinski definition) is 3. The van der Waals surface area contributed by atoms with Crippen molar-refractivity contribution in [3.63, 3.8) is 0 Å². The highest BCUT2D eigenvalue weighted by Gasteiger charge is 2.30. The normalized spacial score (nSPS) is 19.3. The SMILES string of the molecule is O=C(NCCC1CCC1)c1cc(S(=O)(=O)Cl)cn1C1CC1. The molecule has 2 aliphatic rings. The summed E-state index contributed by atoms with van der Waals surface area (Å²) in [7, 11) is 1.57. The van der Waals surface area contributed by atoms with Gasteiger partial charge in [0, 0.05) is 29.5 Å². The van der Waals surface area contributed by atoms with Crippen molar-refractivity contribution in [2.75, 3.05) is 6.54 Å². The highest BCUT2D eigenvalue weighted by molar-refractivity contribution is 8.13. The topological polar surface area (TPSA) is 68.2 Å². The van der Waals surface area contributed by atoms with Gasteiger partial charge in [0.1, 0.15) is 10.6 Å². The van der Waals surface area contributed by atoms with Crippen molar-refractivity contribution >= 4 is 25.6 Å². The predicted molar refractivity (Wildman–Crippen MR) is 80.0 cm³/mol. The molecule has 2 aliphatic carbocycles. The lowest BCUT2D eigenvalue weighted by molar-refractivity contribution is 0.0939. The number of carbonyl (C=O) groups excluding carboxylic acids is 1. The molecule has 2 fully saturated rings. The molecule has 1 aromatic rings. The summed E-state index contributed by atoms with van der Waals surface area (Å²) in [5.74, 6) is 0.520. The van der Waals surface area contributed by atoms with Crippen LogP contribution >= 0.6 is 10.7 Å². The van der Waals surface area contributed by atoms with Crippen molar-refractivity contribution in [1.82, 2.24) is 9.88 Å². The minimum Gasteiger partial charge on any atom is -0.351 e. The summed E-state index contributed by atoms with van der Waals surface area (Å²) in [5.41, 5.74) is 0.394. The Kier molecular flexibility index (Phi) is 4.01. The van der Waals surface area contributed by atoms with Crippen LogP contribution in [0.5, 0.6) is 0 Å². The first-order valence-corrected chi connectivity index (χ1v) is 9.71. The Balaban J connectivity index is 1.70. The number of carbonyl (C=O) groups is 1. The van der Waals surface area contributed by atoms with Gasteiger partial charge in [-0.05, 0) is 31.2 Å². The molecule has 1 heterocycles. The van der Waals surface area contributed by atoms with E-state index in [1.54, 1.807) is 4.57 Å². The second-order valence-corrected chi connectivity index (χ2v) is 8.54. The fraction of sp³-hybridized carbons (Fsp3) is 0.643. The van der Waals surface area contributed by atoms with Gasteiger partial charge >= 0.3 is 0 Å². The van der Waals surface area contributed by atoms with Gasteiger partial charge < -0.3 is 9.88 Å². The maximum absolute atomic E-state index is 12.3. The average molecular weight is 331 g/mol. The van der Waals surface area contributed by atoms with E-state index in [4.69, 9.17) is 10.7 Å². The Hall–Kier alpha value is -1.01. The Labute approximate surface area is 129 Å². The van der Waals surface area contributed by atoms with Crippen LogP contribution in [0.25, 0.3) is 0 Å². The largest absolute Gasteiger partial charge is 0.351 e. The monoisotopic (exact) mass is 330 g/mol. The first kappa shape index (κ1) is 14.9. The van der Waals surface area contributed by atoms with Gasteiger partial charge in [-0.3, -0.25) is 4.79 Å². The summed E-state index contributed by atoms with van der Waals surface area (Å²) >= 11 is 0. The Morgan fingerprint density at radius 2 is 2.05 bits per heavy atom. The second-order valence-electron chi connectivity index (χ2n) is 5.98. The summed E-state index contributed by atoms with van der Waals surface area (Å²) in [6, 6.07) is 1.60. The molecule has 21 heavy (non-hydrogen) atoms. The maximum atomic E-state index is 12.3. The first-order chi connectivity index (χ1) is 9.95. The molecule has 0 aromatic carbocycles. The summed E-state index contributed by atoms with van der Waals surface area (Å²) in [4.78, 5) is 12.3. The van der Waals surface area contributed by atoms with Crippen LogP contribution in [0.15, 0.2) is 17.2 Å². The van der Waals surface area contributed by atoms with E-state index in [1.807, 2.05) is 0 Å². The van der Waals surface area contributed by atoms with E-state index in [0.717, 1.165) is 25.2 Å². The van der Waals surface area contributed by atoms with Crippen LogP contribution in [0.3, 0.4) is 0 Å². The van der Waals surface area contributed by atoms with Gasteiger partial charge in [0.15, 0.2) is 0 Å². The highest BCUT2D eigenvalue weighted by Crippen LogP contribution is 2.37. The molecular formula is C14H19ClN2O3S. The molecule has 0 spiro atoms. The van der Waals surface area contributed by atoms with Crippen LogP contribution in [0, 0.1) is 5.92 Å². The molecule has 0 bridgehead atoms. The van der Waals surface area contributed by atoms with E-state index >= 15 is 0 Å². The smallest absolute Gasteiger partial charge is 0.267 e. The average Bonchev–Trinajstić information content (AvgIpc) is 3.09. The third kappa shape index (κ3) is 3.43. The minimum atomic E-state index is -3.80. The third-order valence-electron chi connectivity index (χ3n) is 4.34. The summed E-state index contributed by atoms with van der Waals surface area (Å²) in [5, 5.41) is 2.89. The number of nitrogens with one attached hydrogen (secondary N) is 1. The van der Waals surface area contributed by atoms with Crippen LogP contribution in [-0.2, 0) is 9.05 Å². The Morgan fingerprint density at radius 1 is 1.33 bits per heavy atom. The molecule has 1 aromatic heterocycles. The molecule has 116 valence electrons. The van der Waals surface area contributed by atoms with Gasteiger partial charge in [0.05, 0.1) is 0 Å². The van der Waals surface area contributed by atoms with Crippen molar-refractivity contribution in [3.05, 3.63) is 18.0 Å². The van der Waals surface area contributed by atoms with E-state index in [1.165, 1.54) is 31.5 Å². The van der Waals surface area contributed by atoms with Gasteiger partial charge in [0.25, 0.3) is 15.0 Å². The van der Waals surface area contributed by atoms with E-state index < -0.39 is 9.05 Å². The number of aromatic nitrogens is 1. The standard InChI is InChI=1S/C14H19ClN2O3S/c15-21(19,20)12-8-13(17(9-12)11-4-5-11)14(18)16-7-6-10-2-1-3-10/h8-11H,1-7H2,(H,16,18). The molecule has 1 N–H and O–H groups in total. The molecule has 2 saturated carbocycles. The molecule has 1 amide bonds. The number of halogens is 1. The molecule has 0 saturated heterocycles. The molecule has 3 rings (SSSR count). The predicted octanol–water partition coefficient (Wildman–Crippen LogP) is 2.67. The zero-order valence-electron chi connectivity index (χ0n) is 11.7. The zero-order chi connectivity index (χ0) is 15.0. The molecule has 0 aliphatic heterocycles. The summed E-state index contributed by atoms with van der Waals surface area (Å²) in [6.45, 7) is 0.641. The molecule has 7 heteroatoms. The molecule has 0 radical (unpaired) electrons. The van der Waals surface area contributed by atoms with Crippen LogP contribution < -0.4 is 5.32 Å². The fourth-order valence-corrected chi connectivity index (χ4v) is 3.43. The van der Waals surface area contributed by atoms with Crippen LogP contribution in [0.4, 0.5) is 0 Å². The Bertz CT molecular complexity index is 645. The van der Waals surface area contributed by atoms with Crippen LogP contribution in [-0.4, -0.2) is 25.4 Å². The van der Waals surface area contributed by atoms with E-state index in [-0.39, 0.29) is 16.8 Å². The first-order valence-electron chi connectivity index (χ1n) is 7.40. The van der Waals surface area contributed by atoms with E-state index in [0.29, 0.717) is 12.2 Å². The van der Waals surface area contributed by atoms with Crippen LogP contribution in [0.1, 0.15) is 55.1 Å². The molecular weight excluding hydrogens is 312 g/mol. The lowest BCUT2D eigenvalue weighted by Gasteiger charge is -2.25. The van der Waals surface area contributed by atoms with E-state index in [2.05, 4.69) is 5.32 Å². The van der Waals surface area contributed by atoms with Crippen molar-refractivity contribution in [2.24, 2.45) is 5.92 Å². The number of rotatable bonds is 6. The highest BCUT2D eigenvalue weighted by atomic mass is 35.7. The van der Waals surface area contributed by atoms with Gasteiger partial charge in [-0.25, -0.2) is 8.42 Å². The summed E-state index contributed by atoms with van der Waals surface area (Å²) < 4.78 is 24.6. The minimum absolute atomic E-state index is 0.000194. The number of amides is 1. The van der Waals surface area contributed by atoms with Gasteiger partial charge in [-0.15, -0.1) is 0 Å². The lowest BCUT2D eigenvalue weighted by atomic mass is 9.83. The zero-order valence-corrected chi connectivity index (χ0v) is 13.3. The molecule has 0 atom stereocenters. The van der Waals surface area contributed by atoms with Gasteiger partial charge in [-0.2, -0.15) is 0 Å². The second kappa shape index (κ2) is 5.65. The lowest BCUT2D eigenvalue weighted by Crippen LogP contribution is -2.28. The third-order valence-corrected chi connectivity index (χ3v) is 5.66. The Morgan fingerprint density at radius 3 is 2.57 bits per heavy atom. The fourth-order valence-electron chi connectivity index (χ4n) is 2.69. The quantitative estimate of drug-likeness (QED) is 0.815. The van der Waals surface area contributed by atoms with Gasteiger partial charge in [-0.1, -0.05) is 19.3 Å². The molecule has 5 nitrogen and oxygen atoms in total. The van der Waals surface area contributed by atoms with Crippen LogP contribution in [0.2, 0.25) is 0 Å². The number of nitrogens with zero attached hydrogens (tertiary/aromatic N) is 1. The van der Waals surface area contributed by atoms with Crippen molar-refractivity contribution < 1.29 is 13.2 Å². The molecule has 0 unspecified atom stereocenters. The van der Waals surface area contributed by atoms with Gasteiger partial charge in [0.2, 0.25) is 0 Å². The maximum Gasteiger partial charge on any atom is 0.267 e.